The first-order chi connectivity index (χ1) is 10.1. The van der Waals surface area contributed by atoms with Gasteiger partial charge in [0.2, 0.25) is 0 Å². The highest BCUT2D eigenvalue weighted by atomic mass is 19.1. The highest BCUT2D eigenvalue weighted by Crippen LogP contribution is 2.32. The minimum absolute atomic E-state index is 0.0320. The molecule has 0 saturated heterocycles. The van der Waals surface area contributed by atoms with E-state index in [1.54, 1.807) is 31.3 Å². The smallest absolute Gasteiger partial charge is 0.168 e. The number of fused-ring (bicyclic) bond motifs is 1. The number of aromatic nitrogens is 1. The van der Waals surface area contributed by atoms with Crippen molar-refractivity contribution in [3.05, 3.63) is 66.1 Å². The molecule has 0 bridgehead atoms. The molecule has 0 saturated carbocycles. The van der Waals surface area contributed by atoms with Gasteiger partial charge in [0.05, 0.1) is 17.8 Å². The number of pyridine rings is 1. The van der Waals surface area contributed by atoms with Crippen molar-refractivity contribution in [2.24, 2.45) is 0 Å². The molecule has 21 heavy (non-hydrogen) atoms. The Kier molecular flexibility index (Phi) is 3.54. The lowest BCUT2D eigenvalue weighted by molar-refractivity contribution is 0.194. The second kappa shape index (κ2) is 5.50. The summed E-state index contributed by atoms with van der Waals surface area (Å²) in [6.45, 7) is 1.57. The van der Waals surface area contributed by atoms with Gasteiger partial charge in [-0.25, -0.2) is 4.39 Å². The van der Waals surface area contributed by atoms with Crippen LogP contribution in [0.25, 0.3) is 10.9 Å². The molecule has 1 unspecified atom stereocenters. The SMILES string of the molecule is CC(O)c1cccc(F)c1Oc1cnc2ccccc2c1. The van der Waals surface area contributed by atoms with Crippen molar-refractivity contribution in [1.82, 2.24) is 4.98 Å². The molecule has 1 atom stereocenters. The summed E-state index contributed by atoms with van der Waals surface area (Å²) >= 11 is 0. The topological polar surface area (TPSA) is 42.4 Å². The molecule has 0 amide bonds. The number of para-hydroxylation sites is 2. The molecule has 0 aliphatic carbocycles. The third-order valence-corrected chi connectivity index (χ3v) is 3.23. The van der Waals surface area contributed by atoms with Gasteiger partial charge in [0.1, 0.15) is 5.75 Å². The monoisotopic (exact) mass is 283 g/mol. The number of nitrogens with zero attached hydrogens (tertiary/aromatic N) is 1. The Balaban J connectivity index is 2.02. The zero-order chi connectivity index (χ0) is 14.8. The number of hydrogen-bond donors (Lipinski definition) is 1. The summed E-state index contributed by atoms with van der Waals surface area (Å²) in [7, 11) is 0. The van der Waals surface area contributed by atoms with Crippen LogP contribution in [-0.4, -0.2) is 10.1 Å². The van der Waals surface area contributed by atoms with E-state index in [-0.39, 0.29) is 5.75 Å². The van der Waals surface area contributed by atoms with Gasteiger partial charge in [-0.2, -0.15) is 0 Å². The number of halogens is 1. The van der Waals surface area contributed by atoms with Crippen LogP contribution < -0.4 is 4.74 Å². The Morgan fingerprint density at radius 3 is 2.76 bits per heavy atom. The van der Waals surface area contributed by atoms with E-state index < -0.39 is 11.9 Å². The molecular formula is C17H14FNO2. The minimum Gasteiger partial charge on any atom is -0.452 e. The van der Waals surface area contributed by atoms with Gasteiger partial charge in [0, 0.05) is 10.9 Å². The van der Waals surface area contributed by atoms with Crippen LogP contribution in [0.5, 0.6) is 11.5 Å². The van der Waals surface area contributed by atoms with Crippen molar-refractivity contribution in [2.45, 2.75) is 13.0 Å². The fraction of sp³-hybridized carbons (Fsp3) is 0.118. The van der Waals surface area contributed by atoms with Gasteiger partial charge in [0.15, 0.2) is 11.6 Å². The second-order valence-electron chi connectivity index (χ2n) is 4.80. The lowest BCUT2D eigenvalue weighted by Crippen LogP contribution is -1.99. The number of aliphatic hydroxyl groups is 1. The molecule has 3 aromatic rings. The van der Waals surface area contributed by atoms with Crippen molar-refractivity contribution in [3.63, 3.8) is 0 Å². The molecule has 3 rings (SSSR count). The van der Waals surface area contributed by atoms with Crippen molar-refractivity contribution < 1.29 is 14.2 Å². The summed E-state index contributed by atoms with van der Waals surface area (Å²) in [5, 5.41) is 10.6. The first-order valence-corrected chi connectivity index (χ1v) is 6.64. The average molecular weight is 283 g/mol. The van der Waals surface area contributed by atoms with Gasteiger partial charge in [0.25, 0.3) is 0 Å². The standard InChI is InChI=1S/C17H14FNO2/c1-11(20)14-6-4-7-15(18)17(14)21-13-9-12-5-2-3-8-16(12)19-10-13/h2-11,20H,1H3. The van der Waals surface area contributed by atoms with Crippen LogP contribution in [0.4, 0.5) is 4.39 Å². The normalized spacial score (nSPS) is 12.3. The Bertz CT molecular complexity index is 787. The predicted octanol–water partition coefficient (Wildman–Crippen LogP) is 4.22. The highest BCUT2D eigenvalue weighted by molar-refractivity contribution is 5.79. The van der Waals surface area contributed by atoms with Crippen LogP contribution in [0.1, 0.15) is 18.6 Å². The van der Waals surface area contributed by atoms with Crippen LogP contribution in [0, 0.1) is 5.82 Å². The molecule has 1 heterocycles. The Morgan fingerprint density at radius 1 is 1.14 bits per heavy atom. The number of aliphatic hydroxyl groups excluding tert-OH is 1. The van der Waals surface area contributed by atoms with Crippen molar-refractivity contribution in [3.8, 4) is 11.5 Å². The maximum Gasteiger partial charge on any atom is 0.168 e. The van der Waals surface area contributed by atoms with Crippen LogP contribution in [0.15, 0.2) is 54.7 Å². The molecule has 0 aliphatic heterocycles. The van der Waals surface area contributed by atoms with E-state index in [4.69, 9.17) is 4.74 Å². The number of benzene rings is 2. The van der Waals surface area contributed by atoms with Crippen molar-refractivity contribution in [2.75, 3.05) is 0 Å². The molecule has 0 radical (unpaired) electrons. The van der Waals surface area contributed by atoms with Gasteiger partial charge in [-0.3, -0.25) is 4.98 Å². The highest BCUT2D eigenvalue weighted by Gasteiger charge is 2.15. The molecule has 1 aromatic heterocycles. The van der Waals surface area contributed by atoms with E-state index in [0.717, 1.165) is 10.9 Å². The predicted molar refractivity (Wildman–Crippen MR) is 78.9 cm³/mol. The third-order valence-electron chi connectivity index (χ3n) is 3.23. The van der Waals surface area contributed by atoms with Crippen LogP contribution >= 0.6 is 0 Å². The van der Waals surface area contributed by atoms with E-state index in [9.17, 15) is 9.50 Å². The first-order valence-electron chi connectivity index (χ1n) is 6.64. The zero-order valence-electron chi connectivity index (χ0n) is 11.5. The van der Waals surface area contributed by atoms with Crippen LogP contribution in [0.3, 0.4) is 0 Å². The first kappa shape index (κ1) is 13.5. The summed E-state index contributed by atoms with van der Waals surface area (Å²) in [6, 6.07) is 13.9. The van der Waals surface area contributed by atoms with E-state index >= 15 is 0 Å². The van der Waals surface area contributed by atoms with E-state index in [2.05, 4.69) is 4.98 Å². The van der Waals surface area contributed by atoms with Gasteiger partial charge in [-0.1, -0.05) is 30.3 Å². The summed E-state index contributed by atoms with van der Waals surface area (Å²) in [5.74, 6) is -0.0492. The van der Waals surface area contributed by atoms with Gasteiger partial charge >= 0.3 is 0 Å². The largest absolute Gasteiger partial charge is 0.452 e. The van der Waals surface area contributed by atoms with Gasteiger partial charge in [-0.15, -0.1) is 0 Å². The van der Waals surface area contributed by atoms with Gasteiger partial charge < -0.3 is 9.84 Å². The van der Waals surface area contributed by atoms with E-state index in [1.165, 1.54) is 6.07 Å². The molecule has 1 N–H and O–H groups in total. The summed E-state index contributed by atoms with van der Waals surface area (Å²) in [5.41, 5.74) is 1.25. The fourth-order valence-electron chi connectivity index (χ4n) is 2.19. The molecule has 3 nitrogen and oxygen atoms in total. The number of rotatable bonds is 3. The molecule has 0 fully saturated rings. The van der Waals surface area contributed by atoms with Crippen LogP contribution in [0.2, 0.25) is 0 Å². The van der Waals surface area contributed by atoms with Crippen LogP contribution in [-0.2, 0) is 0 Å². The Labute approximate surface area is 121 Å². The quantitative estimate of drug-likeness (QED) is 0.782. The van der Waals surface area contributed by atoms with E-state index in [1.807, 2.05) is 24.3 Å². The van der Waals surface area contributed by atoms with Gasteiger partial charge in [-0.05, 0) is 25.1 Å². The summed E-state index contributed by atoms with van der Waals surface area (Å²) in [6.07, 6.45) is 0.727. The molecular weight excluding hydrogens is 269 g/mol. The maximum absolute atomic E-state index is 14.0. The zero-order valence-corrected chi connectivity index (χ0v) is 11.5. The Morgan fingerprint density at radius 2 is 1.95 bits per heavy atom. The molecule has 2 aromatic carbocycles. The minimum atomic E-state index is -0.816. The molecule has 0 aliphatic rings. The number of ether oxygens (including phenoxy) is 1. The maximum atomic E-state index is 14.0. The van der Waals surface area contributed by atoms with Crippen molar-refractivity contribution in [1.29, 1.82) is 0 Å². The summed E-state index contributed by atoms with van der Waals surface area (Å²) in [4.78, 5) is 4.27. The lowest BCUT2D eigenvalue weighted by Gasteiger charge is -2.14. The van der Waals surface area contributed by atoms with E-state index in [0.29, 0.717) is 11.3 Å². The summed E-state index contributed by atoms with van der Waals surface area (Å²) < 4.78 is 19.6. The second-order valence-corrected chi connectivity index (χ2v) is 4.80. The third kappa shape index (κ3) is 2.71. The van der Waals surface area contributed by atoms with Crippen molar-refractivity contribution >= 4 is 10.9 Å². The lowest BCUT2D eigenvalue weighted by atomic mass is 10.1. The number of hydrogen-bond acceptors (Lipinski definition) is 3. The molecule has 106 valence electrons. The molecule has 0 spiro atoms. The molecule has 4 heteroatoms. The average Bonchev–Trinajstić information content (AvgIpc) is 2.49. The Hall–Kier alpha value is -2.46. The fourth-order valence-corrected chi connectivity index (χ4v) is 2.19.